The summed E-state index contributed by atoms with van der Waals surface area (Å²) in [5.41, 5.74) is 2.91. The van der Waals surface area contributed by atoms with E-state index in [0.717, 1.165) is 16.7 Å². The van der Waals surface area contributed by atoms with Crippen molar-refractivity contribution in [3.8, 4) is 0 Å². The van der Waals surface area contributed by atoms with E-state index in [1.54, 1.807) is 6.07 Å². The van der Waals surface area contributed by atoms with Crippen LogP contribution in [0.2, 0.25) is 0 Å². The smallest absolute Gasteiger partial charge is 0.123 e. The first kappa shape index (κ1) is 9.72. The normalized spacial score (nSPS) is 11.5. The Kier molecular flexibility index (Phi) is 3.02. The first-order valence-electron chi connectivity index (χ1n) is 4.19. The van der Waals surface area contributed by atoms with Crippen LogP contribution in [0.4, 0.5) is 4.39 Å². The van der Waals surface area contributed by atoms with Crippen LogP contribution in [-0.2, 0) is 0 Å². The fourth-order valence-electron chi connectivity index (χ4n) is 1.19. The molecule has 68 valence electrons. The maximum absolute atomic E-state index is 12.8. The molecule has 0 unspecified atom stereocenters. The van der Waals surface area contributed by atoms with Gasteiger partial charge in [0.1, 0.15) is 5.82 Å². The van der Waals surface area contributed by atoms with E-state index in [9.17, 15) is 4.39 Å². The second-order valence-electron chi connectivity index (χ2n) is 3.18. The molecule has 0 saturated carbocycles. The second kappa shape index (κ2) is 4.04. The molecule has 0 saturated heterocycles. The van der Waals surface area contributed by atoms with Gasteiger partial charge in [-0.3, -0.25) is 0 Å². The first-order chi connectivity index (χ1) is 6.09. The summed E-state index contributed by atoms with van der Waals surface area (Å²) in [4.78, 5) is 0. The van der Waals surface area contributed by atoms with E-state index < -0.39 is 0 Å². The predicted molar refractivity (Wildman–Crippen MR) is 54.9 cm³/mol. The van der Waals surface area contributed by atoms with Gasteiger partial charge in [0.2, 0.25) is 0 Å². The van der Waals surface area contributed by atoms with E-state index in [1.807, 2.05) is 26.0 Å². The lowest BCUT2D eigenvalue weighted by molar-refractivity contribution is 0.627. The maximum atomic E-state index is 12.8. The Morgan fingerprint density at radius 1 is 1.38 bits per heavy atom. The van der Waals surface area contributed by atoms with Crippen molar-refractivity contribution in [2.45, 2.75) is 13.8 Å². The van der Waals surface area contributed by atoms with Gasteiger partial charge in [-0.25, -0.2) is 4.39 Å². The standard InChI is InChI=1S/C12H13F/c1-9(2)7-10(3)11-5-4-6-12(13)8-11/h4-8H,1H2,2-3H3/b10-7+. The van der Waals surface area contributed by atoms with Gasteiger partial charge in [-0.1, -0.05) is 30.4 Å². The highest BCUT2D eigenvalue weighted by atomic mass is 19.1. The lowest BCUT2D eigenvalue weighted by Gasteiger charge is -2.01. The quantitative estimate of drug-likeness (QED) is 0.601. The molecule has 0 spiro atoms. The zero-order chi connectivity index (χ0) is 9.84. The summed E-state index contributed by atoms with van der Waals surface area (Å²) in [6.07, 6.45) is 1.94. The van der Waals surface area contributed by atoms with Crippen LogP contribution in [0.1, 0.15) is 19.4 Å². The van der Waals surface area contributed by atoms with Gasteiger partial charge in [0, 0.05) is 0 Å². The van der Waals surface area contributed by atoms with E-state index in [0.29, 0.717) is 0 Å². The average molecular weight is 176 g/mol. The largest absolute Gasteiger partial charge is 0.207 e. The molecule has 0 amide bonds. The molecule has 1 aromatic carbocycles. The van der Waals surface area contributed by atoms with Crippen LogP contribution in [-0.4, -0.2) is 0 Å². The van der Waals surface area contributed by atoms with E-state index in [4.69, 9.17) is 0 Å². The fraction of sp³-hybridized carbons (Fsp3) is 0.167. The molecule has 0 aromatic heterocycles. The molecule has 1 rings (SSSR count). The van der Waals surface area contributed by atoms with Gasteiger partial charge in [0.25, 0.3) is 0 Å². The van der Waals surface area contributed by atoms with Crippen molar-refractivity contribution in [3.63, 3.8) is 0 Å². The van der Waals surface area contributed by atoms with Crippen LogP contribution in [0.3, 0.4) is 0 Å². The van der Waals surface area contributed by atoms with Gasteiger partial charge in [-0.15, -0.1) is 0 Å². The third-order valence-electron chi connectivity index (χ3n) is 1.74. The summed E-state index contributed by atoms with van der Waals surface area (Å²) in [5.74, 6) is -0.202. The summed E-state index contributed by atoms with van der Waals surface area (Å²) in [6, 6.07) is 6.56. The van der Waals surface area contributed by atoms with Crippen molar-refractivity contribution >= 4 is 5.57 Å². The van der Waals surface area contributed by atoms with Crippen molar-refractivity contribution in [2.75, 3.05) is 0 Å². The summed E-state index contributed by atoms with van der Waals surface area (Å²) >= 11 is 0. The Hall–Kier alpha value is -1.37. The number of allylic oxidation sites excluding steroid dienone is 3. The molecule has 0 atom stereocenters. The van der Waals surface area contributed by atoms with Crippen molar-refractivity contribution in [1.82, 2.24) is 0 Å². The van der Waals surface area contributed by atoms with E-state index in [2.05, 4.69) is 6.58 Å². The minimum Gasteiger partial charge on any atom is -0.207 e. The number of benzene rings is 1. The number of hydrogen-bond donors (Lipinski definition) is 0. The molecule has 0 heterocycles. The van der Waals surface area contributed by atoms with Crippen molar-refractivity contribution in [1.29, 1.82) is 0 Å². The summed E-state index contributed by atoms with van der Waals surface area (Å²) in [5, 5.41) is 0. The molecule has 0 N–H and O–H groups in total. The predicted octanol–water partition coefficient (Wildman–Crippen LogP) is 3.81. The topological polar surface area (TPSA) is 0 Å². The highest BCUT2D eigenvalue weighted by Gasteiger charge is 1.96. The van der Waals surface area contributed by atoms with Gasteiger partial charge in [0.15, 0.2) is 0 Å². The van der Waals surface area contributed by atoms with E-state index >= 15 is 0 Å². The summed E-state index contributed by atoms with van der Waals surface area (Å²) in [6.45, 7) is 7.64. The molecule has 0 nitrogen and oxygen atoms in total. The summed E-state index contributed by atoms with van der Waals surface area (Å²) in [7, 11) is 0. The van der Waals surface area contributed by atoms with Crippen molar-refractivity contribution in [3.05, 3.63) is 53.9 Å². The van der Waals surface area contributed by atoms with Gasteiger partial charge >= 0.3 is 0 Å². The van der Waals surface area contributed by atoms with Crippen LogP contribution in [0.5, 0.6) is 0 Å². The minimum atomic E-state index is -0.202. The van der Waals surface area contributed by atoms with Crippen LogP contribution >= 0.6 is 0 Å². The van der Waals surface area contributed by atoms with Crippen LogP contribution in [0, 0.1) is 5.82 Å². The fourth-order valence-corrected chi connectivity index (χ4v) is 1.19. The van der Waals surface area contributed by atoms with Crippen LogP contribution in [0.25, 0.3) is 5.57 Å². The van der Waals surface area contributed by atoms with Gasteiger partial charge in [0.05, 0.1) is 0 Å². The van der Waals surface area contributed by atoms with Gasteiger partial charge in [-0.2, -0.15) is 0 Å². The molecule has 1 heteroatoms. The zero-order valence-corrected chi connectivity index (χ0v) is 7.97. The molecule has 0 aliphatic rings. The first-order valence-corrected chi connectivity index (χ1v) is 4.19. The highest BCUT2D eigenvalue weighted by Crippen LogP contribution is 2.15. The Bertz CT molecular complexity index is 348. The SMILES string of the molecule is C=C(C)/C=C(\C)c1cccc(F)c1. The van der Waals surface area contributed by atoms with Crippen molar-refractivity contribution in [2.24, 2.45) is 0 Å². The molecular weight excluding hydrogens is 163 g/mol. The molecule has 0 aliphatic carbocycles. The van der Waals surface area contributed by atoms with E-state index in [1.165, 1.54) is 12.1 Å². The Labute approximate surface area is 78.4 Å². The molecule has 0 radical (unpaired) electrons. The minimum absolute atomic E-state index is 0.202. The average Bonchev–Trinajstić information content (AvgIpc) is 2.03. The second-order valence-corrected chi connectivity index (χ2v) is 3.18. The van der Waals surface area contributed by atoms with Crippen LogP contribution < -0.4 is 0 Å². The Morgan fingerprint density at radius 3 is 2.62 bits per heavy atom. The number of hydrogen-bond acceptors (Lipinski definition) is 0. The molecule has 1 aromatic rings. The molecule has 0 fully saturated rings. The molecule has 13 heavy (non-hydrogen) atoms. The highest BCUT2D eigenvalue weighted by molar-refractivity contribution is 5.65. The van der Waals surface area contributed by atoms with Crippen molar-refractivity contribution < 1.29 is 4.39 Å². The zero-order valence-electron chi connectivity index (χ0n) is 7.97. The Balaban J connectivity index is 3.02. The maximum Gasteiger partial charge on any atom is 0.123 e. The van der Waals surface area contributed by atoms with Gasteiger partial charge < -0.3 is 0 Å². The van der Waals surface area contributed by atoms with E-state index in [-0.39, 0.29) is 5.82 Å². The van der Waals surface area contributed by atoms with Crippen LogP contribution in [0.15, 0.2) is 42.5 Å². The number of halogens is 1. The molecule has 0 aliphatic heterocycles. The summed E-state index contributed by atoms with van der Waals surface area (Å²) < 4.78 is 12.8. The number of rotatable bonds is 2. The lowest BCUT2D eigenvalue weighted by Crippen LogP contribution is -1.81. The monoisotopic (exact) mass is 176 g/mol. The lowest BCUT2D eigenvalue weighted by atomic mass is 10.1. The molecule has 0 bridgehead atoms. The third kappa shape index (κ3) is 2.86. The molecular formula is C12H13F. The van der Waals surface area contributed by atoms with Gasteiger partial charge in [-0.05, 0) is 37.1 Å². The third-order valence-corrected chi connectivity index (χ3v) is 1.74. The Morgan fingerprint density at radius 2 is 2.08 bits per heavy atom.